The van der Waals surface area contributed by atoms with E-state index in [0.717, 1.165) is 22.2 Å². The summed E-state index contributed by atoms with van der Waals surface area (Å²) >= 11 is 0. The lowest BCUT2D eigenvalue weighted by atomic mass is 10.1. The monoisotopic (exact) mass is 295 g/mol. The molecule has 22 heavy (non-hydrogen) atoms. The number of aromatic nitrogens is 2. The number of carbonyl (C=O) groups excluding carboxylic acids is 1. The number of aliphatic hydroxyl groups excluding tert-OH is 1. The second-order valence-electron chi connectivity index (χ2n) is 5.28. The second-order valence-corrected chi connectivity index (χ2v) is 5.28. The first-order chi connectivity index (χ1) is 10.6. The van der Waals surface area contributed by atoms with Gasteiger partial charge in [-0.15, -0.1) is 0 Å². The van der Waals surface area contributed by atoms with Crippen molar-refractivity contribution in [2.24, 2.45) is 0 Å². The summed E-state index contributed by atoms with van der Waals surface area (Å²) < 4.78 is 0. The molecule has 1 amide bonds. The normalized spacial score (nSPS) is 10.9. The minimum atomic E-state index is -0.220. The number of fused-ring (bicyclic) bond motifs is 1. The fourth-order valence-corrected chi connectivity index (χ4v) is 2.47. The second kappa shape index (κ2) is 5.61. The van der Waals surface area contributed by atoms with Crippen LogP contribution in [0.2, 0.25) is 0 Å². The molecule has 2 aromatic heterocycles. The molecule has 0 atom stereocenters. The summed E-state index contributed by atoms with van der Waals surface area (Å²) in [5, 5.41) is 13.1. The third-order valence-electron chi connectivity index (χ3n) is 3.90. The standard InChI is InChI=1S/C17H17N3O2/c1-10-11(2)19-15-4-3-12(7-14(10)15)17(22)20-16-8-18-6-5-13(16)9-21/h3-8,19,21H,9H2,1-2H3,(H,20,22). The van der Waals surface area contributed by atoms with Gasteiger partial charge in [0.1, 0.15) is 0 Å². The summed E-state index contributed by atoms with van der Waals surface area (Å²) in [7, 11) is 0. The molecule has 0 aliphatic carbocycles. The highest BCUT2D eigenvalue weighted by Crippen LogP contribution is 2.23. The highest BCUT2D eigenvalue weighted by atomic mass is 16.3. The average Bonchev–Trinajstić information content (AvgIpc) is 2.82. The zero-order valence-corrected chi connectivity index (χ0v) is 12.5. The van der Waals surface area contributed by atoms with Crippen molar-refractivity contribution in [2.75, 3.05) is 5.32 Å². The number of hydrogen-bond donors (Lipinski definition) is 3. The van der Waals surface area contributed by atoms with Gasteiger partial charge in [-0.1, -0.05) is 0 Å². The molecule has 1 aromatic carbocycles. The van der Waals surface area contributed by atoms with Crippen LogP contribution in [0.3, 0.4) is 0 Å². The van der Waals surface area contributed by atoms with Crippen LogP contribution >= 0.6 is 0 Å². The van der Waals surface area contributed by atoms with E-state index in [9.17, 15) is 9.90 Å². The Labute approximate surface area is 128 Å². The first-order valence-electron chi connectivity index (χ1n) is 7.04. The Morgan fingerprint density at radius 2 is 2.14 bits per heavy atom. The molecule has 3 rings (SSSR count). The van der Waals surface area contributed by atoms with E-state index in [1.165, 1.54) is 6.20 Å². The minimum absolute atomic E-state index is 0.146. The van der Waals surface area contributed by atoms with Crippen molar-refractivity contribution in [1.29, 1.82) is 0 Å². The summed E-state index contributed by atoms with van der Waals surface area (Å²) in [4.78, 5) is 19.7. The van der Waals surface area contributed by atoms with Crippen molar-refractivity contribution in [2.45, 2.75) is 20.5 Å². The Kier molecular flexibility index (Phi) is 3.65. The summed E-state index contributed by atoms with van der Waals surface area (Å²) in [5.41, 5.74) is 4.99. The van der Waals surface area contributed by atoms with Crippen LogP contribution in [-0.4, -0.2) is 21.0 Å². The molecule has 0 aliphatic rings. The first kappa shape index (κ1) is 14.3. The number of carbonyl (C=O) groups is 1. The molecular weight excluding hydrogens is 278 g/mol. The lowest BCUT2D eigenvalue weighted by Gasteiger charge is -2.09. The minimum Gasteiger partial charge on any atom is -0.392 e. The molecular formula is C17H17N3O2. The van der Waals surface area contributed by atoms with Gasteiger partial charge in [0.2, 0.25) is 0 Å². The van der Waals surface area contributed by atoms with Crippen molar-refractivity contribution >= 4 is 22.5 Å². The van der Waals surface area contributed by atoms with Gasteiger partial charge < -0.3 is 15.4 Å². The van der Waals surface area contributed by atoms with E-state index < -0.39 is 0 Å². The quantitative estimate of drug-likeness (QED) is 0.695. The third-order valence-corrected chi connectivity index (χ3v) is 3.90. The van der Waals surface area contributed by atoms with Crippen molar-refractivity contribution in [3.8, 4) is 0 Å². The maximum atomic E-state index is 12.4. The summed E-state index contributed by atoms with van der Waals surface area (Å²) in [6.45, 7) is 3.90. The van der Waals surface area contributed by atoms with Crippen LogP contribution in [0.4, 0.5) is 5.69 Å². The van der Waals surface area contributed by atoms with Crippen molar-refractivity contribution in [1.82, 2.24) is 9.97 Å². The molecule has 0 aliphatic heterocycles. The van der Waals surface area contributed by atoms with Crippen LogP contribution in [0.15, 0.2) is 36.7 Å². The van der Waals surface area contributed by atoms with E-state index in [1.54, 1.807) is 18.3 Å². The molecule has 0 spiro atoms. The van der Waals surface area contributed by atoms with Crippen LogP contribution in [0.25, 0.3) is 10.9 Å². The maximum Gasteiger partial charge on any atom is 0.255 e. The molecule has 5 nitrogen and oxygen atoms in total. The van der Waals surface area contributed by atoms with Crippen LogP contribution in [0.5, 0.6) is 0 Å². The van der Waals surface area contributed by atoms with Gasteiger partial charge in [0.25, 0.3) is 5.91 Å². The average molecular weight is 295 g/mol. The van der Waals surface area contributed by atoms with Crippen LogP contribution in [0, 0.1) is 13.8 Å². The maximum absolute atomic E-state index is 12.4. The van der Waals surface area contributed by atoms with Gasteiger partial charge in [0.05, 0.1) is 18.5 Å². The number of hydrogen-bond acceptors (Lipinski definition) is 3. The van der Waals surface area contributed by atoms with Crippen molar-refractivity contribution < 1.29 is 9.90 Å². The molecule has 112 valence electrons. The van der Waals surface area contributed by atoms with Gasteiger partial charge in [-0.05, 0) is 43.7 Å². The number of nitrogens with one attached hydrogen (secondary N) is 2. The molecule has 3 N–H and O–H groups in total. The Bertz CT molecular complexity index is 852. The Hall–Kier alpha value is -2.66. The summed E-state index contributed by atoms with van der Waals surface area (Å²) in [6, 6.07) is 7.24. The number of aliphatic hydroxyl groups is 1. The smallest absolute Gasteiger partial charge is 0.255 e. The van der Waals surface area contributed by atoms with Gasteiger partial charge in [0, 0.05) is 33.9 Å². The molecule has 0 bridgehead atoms. The molecule has 0 unspecified atom stereocenters. The number of aryl methyl sites for hydroxylation is 2. The molecule has 3 aromatic rings. The van der Waals surface area contributed by atoms with E-state index in [-0.39, 0.29) is 12.5 Å². The summed E-state index contributed by atoms with van der Waals surface area (Å²) in [6.07, 6.45) is 3.12. The number of benzene rings is 1. The molecule has 0 saturated heterocycles. The molecule has 0 saturated carbocycles. The van der Waals surface area contributed by atoms with Crippen molar-refractivity contribution in [3.05, 3.63) is 59.0 Å². The lowest BCUT2D eigenvalue weighted by molar-refractivity contribution is 0.102. The zero-order chi connectivity index (χ0) is 15.7. The highest BCUT2D eigenvalue weighted by molar-refractivity contribution is 6.06. The fourth-order valence-electron chi connectivity index (χ4n) is 2.47. The summed E-state index contributed by atoms with van der Waals surface area (Å²) in [5.74, 6) is -0.220. The van der Waals surface area contributed by atoms with Gasteiger partial charge >= 0.3 is 0 Å². The Morgan fingerprint density at radius 3 is 2.91 bits per heavy atom. The molecule has 0 radical (unpaired) electrons. The number of H-pyrrole nitrogens is 1. The van der Waals surface area contributed by atoms with Gasteiger partial charge in [-0.2, -0.15) is 0 Å². The van der Waals surface area contributed by atoms with Crippen molar-refractivity contribution in [3.63, 3.8) is 0 Å². The van der Waals surface area contributed by atoms with E-state index in [1.807, 2.05) is 26.0 Å². The van der Waals surface area contributed by atoms with E-state index in [0.29, 0.717) is 16.8 Å². The third kappa shape index (κ3) is 2.46. The van der Waals surface area contributed by atoms with Crippen LogP contribution in [-0.2, 0) is 6.61 Å². The van der Waals surface area contributed by atoms with Crippen LogP contribution in [0.1, 0.15) is 27.2 Å². The highest BCUT2D eigenvalue weighted by Gasteiger charge is 2.11. The number of anilines is 1. The van der Waals surface area contributed by atoms with E-state index >= 15 is 0 Å². The van der Waals surface area contributed by atoms with E-state index in [4.69, 9.17) is 0 Å². The topological polar surface area (TPSA) is 78.0 Å². The Morgan fingerprint density at radius 1 is 1.32 bits per heavy atom. The predicted molar refractivity (Wildman–Crippen MR) is 85.9 cm³/mol. The molecule has 5 heteroatoms. The van der Waals surface area contributed by atoms with Gasteiger partial charge in [0.15, 0.2) is 0 Å². The molecule has 0 fully saturated rings. The first-order valence-corrected chi connectivity index (χ1v) is 7.04. The predicted octanol–water partition coefficient (Wildman–Crippen LogP) is 2.92. The lowest BCUT2D eigenvalue weighted by Crippen LogP contribution is -2.13. The number of aromatic amines is 1. The van der Waals surface area contributed by atoms with Crippen LogP contribution < -0.4 is 5.32 Å². The largest absolute Gasteiger partial charge is 0.392 e. The molecule has 2 heterocycles. The number of rotatable bonds is 3. The SMILES string of the molecule is Cc1[nH]c2ccc(C(=O)Nc3cnccc3CO)cc2c1C. The number of amides is 1. The van der Waals surface area contributed by atoms with Gasteiger partial charge in [-0.3, -0.25) is 9.78 Å². The number of nitrogens with zero attached hydrogens (tertiary/aromatic N) is 1. The Balaban J connectivity index is 1.93. The van der Waals surface area contributed by atoms with E-state index in [2.05, 4.69) is 15.3 Å². The van der Waals surface area contributed by atoms with Gasteiger partial charge in [-0.25, -0.2) is 0 Å². The number of pyridine rings is 1. The fraction of sp³-hybridized carbons (Fsp3) is 0.176. The zero-order valence-electron chi connectivity index (χ0n) is 12.5.